The first kappa shape index (κ1) is 17.4. The van der Waals surface area contributed by atoms with Crippen molar-refractivity contribution >= 4 is 24.0 Å². The summed E-state index contributed by atoms with van der Waals surface area (Å²) in [5.74, 6) is 0.0198. The molecule has 0 spiro atoms. The van der Waals surface area contributed by atoms with Gasteiger partial charge in [-0.3, -0.25) is 14.9 Å². The van der Waals surface area contributed by atoms with E-state index in [1.54, 1.807) is 12.1 Å². The van der Waals surface area contributed by atoms with Crippen molar-refractivity contribution in [3.8, 4) is 0 Å². The van der Waals surface area contributed by atoms with Gasteiger partial charge >= 0.3 is 0 Å². The number of benzene rings is 1. The maximum Gasteiger partial charge on any atom is 0.269 e. The van der Waals surface area contributed by atoms with Crippen LogP contribution in [0.1, 0.15) is 19.4 Å². The van der Waals surface area contributed by atoms with E-state index in [1.165, 1.54) is 12.1 Å². The number of nitrogens with one attached hydrogen (secondary N) is 1. The zero-order valence-electron chi connectivity index (χ0n) is 12.1. The van der Waals surface area contributed by atoms with Gasteiger partial charge in [0.2, 0.25) is 5.91 Å². The fourth-order valence-corrected chi connectivity index (χ4v) is 2.43. The minimum absolute atomic E-state index is 0. The molecule has 6 nitrogen and oxygen atoms in total. The number of rotatable bonds is 3. The molecule has 7 heteroatoms. The van der Waals surface area contributed by atoms with Crippen LogP contribution in [0.5, 0.6) is 0 Å². The molecule has 0 bridgehead atoms. The first-order valence-corrected chi connectivity index (χ1v) is 6.73. The number of amides is 1. The summed E-state index contributed by atoms with van der Waals surface area (Å²) in [4.78, 5) is 24.5. The van der Waals surface area contributed by atoms with Crippen molar-refractivity contribution in [2.45, 2.75) is 32.4 Å². The Morgan fingerprint density at radius 2 is 2.19 bits per heavy atom. The topological polar surface area (TPSA) is 75.5 Å². The molecule has 1 aliphatic rings. The maximum absolute atomic E-state index is 12.3. The molecule has 1 N–H and O–H groups in total. The predicted octanol–water partition coefficient (Wildman–Crippen LogP) is 1.77. The largest absolute Gasteiger partial charge is 0.337 e. The van der Waals surface area contributed by atoms with Gasteiger partial charge in [-0.05, 0) is 19.4 Å². The molecule has 2 rings (SSSR count). The number of carbonyl (C=O) groups is 1. The number of hydrogen-bond donors (Lipinski definition) is 1. The van der Waals surface area contributed by atoms with Crippen LogP contribution in [0.3, 0.4) is 0 Å². The molecular formula is C14H20ClN3O3. The number of non-ortho nitro benzene ring substituents is 1. The van der Waals surface area contributed by atoms with Crippen molar-refractivity contribution in [3.05, 3.63) is 39.9 Å². The predicted molar refractivity (Wildman–Crippen MR) is 82.7 cm³/mol. The van der Waals surface area contributed by atoms with E-state index in [9.17, 15) is 14.9 Å². The summed E-state index contributed by atoms with van der Waals surface area (Å²) >= 11 is 0. The third-order valence-electron chi connectivity index (χ3n) is 3.56. The van der Waals surface area contributed by atoms with Crippen LogP contribution >= 0.6 is 12.4 Å². The normalized spacial score (nSPS) is 21.5. The number of halogens is 1. The molecule has 2 atom stereocenters. The Balaban J connectivity index is 0.00000220. The van der Waals surface area contributed by atoms with Gasteiger partial charge in [-0.25, -0.2) is 0 Å². The molecule has 1 aromatic rings. The van der Waals surface area contributed by atoms with Crippen LogP contribution in [-0.2, 0) is 11.2 Å². The van der Waals surface area contributed by atoms with Crippen LogP contribution < -0.4 is 5.32 Å². The van der Waals surface area contributed by atoms with Crippen LogP contribution in [0.25, 0.3) is 0 Å². The van der Waals surface area contributed by atoms with Crippen molar-refractivity contribution in [1.29, 1.82) is 0 Å². The van der Waals surface area contributed by atoms with Gasteiger partial charge < -0.3 is 10.2 Å². The molecule has 1 aliphatic heterocycles. The Morgan fingerprint density at radius 1 is 1.48 bits per heavy atom. The molecule has 0 saturated carbocycles. The monoisotopic (exact) mass is 313 g/mol. The van der Waals surface area contributed by atoms with Gasteiger partial charge in [-0.15, -0.1) is 12.4 Å². The van der Waals surface area contributed by atoms with E-state index in [0.717, 1.165) is 6.54 Å². The van der Waals surface area contributed by atoms with E-state index in [2.05, 4.69) is 5.32 Å². The van der Waals surface area contributed by atoms with Crippen molar-refractivity contribution in [2.24, 2.45) is 0 Å². The Hall–Kier alpha value is -1.66. The molecular weight excluding hydrogens is 294 g/mol. The van der Waals surface area contributed by atoms with Crippen LogP contribution in [0, 0.1) is 10.1 Å². The van der Waals surface area contributed by atoms with E-state index >= 15 is 0 Å². The van der Waals surface area contributed by atoms with Gasteiger partial charge in [-0.1, -0.05) is 12.1 Å². The van der Waals surface area contributed by atoms with E-state index in [4.69, 9.17) is 0 Å². The minimum atomic E-state index is -0.441. The van der Waals surface area contributed by atoms with Gasteiger partial charge in [-0.2, -0.15) is 0 Å². The number of nitro benzene ring substituents is 1. The molecule has 0 aromatic heterocycles. The quantitative estimate of drug-likeness (QED) is 0.681. The molecule has 1 fully saturated rings. The first-order valence-electron chi connectivity index (χ1n) is 6.73. The highest BCUT2D eigenvalue weighted by Gasteiger charge is 2.26. The molecule has 0 aliphatic carbocycles. The van der Waals surface area contributed by atoms with Crippen LogP contribution in [0.2, 0.25) is 0 Å². The Morgan fingerprint density at radius 3 is 2.86 bits per heavy atom. The second-order valence-corrected chi connectivity index (χ2v) is 5.31. The van der Waals surface area contributed by atoms with E-state index in [-0.39, 0.29) is 42.5 Å². The lowest BCUT2D eigenvalue weighted by Gasteiger charge is -2.37. The Bertz CT molecular complexity index is 524. The third kappa shape index (κ3) is 4.41. The second-order valence-electron chi connectivity index (χ2n) is 5.31. The van der Waals surface area contributed by atoms with Crippen molar-refractivity contribution in [1.82, 2.24) is 10.2 Å². The molecule has 116 valence electrons. The number of piperazine rings is 1. The summed E-state index contributed by atoms with van der Waals surface area (Å²) in [5, 5.41) is 14.1. The maximum atomic E-state index is 12.3. The molecule has 1 heterocycles. The smallest absolute Gasteiger partial charge is 0.269 e. The van der Waals surface area contributed by atoms with Gasteiger partial charge in [0, 0.05) is 37.3 Å². The molecule has 0 radical (unpaired) electrons. The molecule has 2 unspecified atom stereocenters. The van der Waals surface area contributed by atoms with E-state index in [1.807, 2.05) is 18.7 Å². The summed E-state index contributed by atoms with van der Waals surface area (Å²) in [6.45, 7) is 5.50. The third-order valence-corrected chi connectivity index (χ3v) is 3.56. The lowest BCUT2D eigenvalue weighted by molar-refractivity contribution is -0.384. The van der Waals surface area contributed by atoms with Gasteiger partial charge in [0.05, 0.1) is 11.3 Å². The molecule has 1 amide bonds. The van der Waals surface area contributed by atoms with E-state index < -0.39 is 4.92 Å². The minimum Gasteiger partial charge on any atom is -0.337 e. The lowest BCUT2D eigenvalue weighted by atomic mass is 10.1. The van der Waals surface area contributed by atoms with Crippen LogP contribution in [-0.4, -0.2) is 40.9 Å². The summed E-state index contributed by atoms with van der Waals surface area (Å²) in [5.41, 5.74) is 0.708. The highest BCUT2D eigenvalue weighted by atomic mass is 35.5. The number of nitrogens with zero attached hydrogens (tertiary/aromatic N) is 2. The fraction of sp³-hybridized carbons (Fsp3) is 0.500. The first-order chi connectivity index (χ1) is 9.47. The van der Waals surface area contributed by atoms with Crippen molar-refractivity contribution in [3.63, 3.8) is 0 Å². The molecule has 1 saturated heterocycles. The van der Waals surface area contributed by atoms with Gasteiger partial charge in [0.25, 0.3) is 5.69 Å². The lowest BCUT2D eigenvalue weighted by Crippen LogP contribution is -2.56. The summed E-state index contributed by atoms with van der Waals surface area (Å²) in [7, 11) is 0. The number of hydrogen-bond acceptors (Lipinski definition) is 4. The summed E-state index contributed by atoms with van der Waals surface area (Å²) in [6.07, 6.45) is 0.207. The highest BCUT2D eigenvalue weighted by Crippen LogP contribution is 2.15. The summed E-state index contributed by atoms with van der Waals surface area (Å²) in [6, 6.07) is 6.70. The Kier molecular flexibility index (Phi) is 6.11. The second kappa shape index (κ2) is 7.38. The summed E-state index contributed by atoms with van der Waals surface area (Å²) < 4.78 is 0. The number of nitro groups is 1. The molecule has 1 aromatic carbocycles. The van der Waals surface area contributed by atoms with Crippen molar-refractivity contribution in [2.75, 3.05) is 13.1 Å². The highest BCUT2D eigenvalue weighted by molar-refractivity contribution is 5.85. The van der Waals surface area contributed by atoms with E-state index in [0.29, 0.717) is 12.1 Å². The number of carbonyl (C=O) groups excluding carboxylic acids is 1. The average molecular weight is 314 g/mol. The molecule has 21 heavy (non-hydrogen) atoms. The fourth-order valence-electron chi connectivity index (χ4n) is 2.43. The Labute approximate surface area is 130 Å². The zero-order chi connectivity index (χ0) is 14.7. The van der Waals surface area contributed by atoms with Crippen molar-refractivity contribution < 1.29 is 9.72 Å². The van der Waals surface area contributed by atoms with Gasteiger partial charge in [0.1, 0.15) is 0 Å². The SMILES string of the molecule is CC1CN(C(=O)Cc2cccc([N+](=O)[O-])c2)C(C)CN1.Cl. The standard InChI is InChI=1S/C14H19N3O3.ClH/c1-10-9-16(11(2)8-15-10)14(18)7-12-4-3-5-13(6-12)17(19)20;/h3-6,10-11,15H,7-9H2,1-2H3;1H. The van der Waals surface area contributed by atoms with Crippen LogP contribution in [0.4, 0.5) is 5.69 Å². The van der Waals surface area contributed by atoms with Crippen LogP contribution in [0.15, 0.2) is 24.3 Å². The zero-order valence-corrected chi connectivity index (χ0v) is 12.9. The van der Waals surface area contributed by atoms with Gasteiger partial charge in [0.15, 0.2) is 0 Å². The average Bonchev–Trinajstić information content (AvgIpc) is 2.41.